The Labute approximate surface area is 81.1 Å². The molecule has 0 amide bonds. The fourth-order valence-corrected chi connectivity index (χ4v) is 1.05. The second-order valence-electron chi connectivity index (χ2n) is 2.59. The van der Waals surface area contributed by atoms with Crippen molar-refractivity contribution >= 4 is 11.5 Å². The molecule has 0 aliphatic rings. The standard InChI is InChI=1S/C10H10O4/c1-14-6-8(10(12)13)7-4-2-3-5-9(7)11/h2-6,11H,1H3,(H,12,13). The number of carboxylic acids is 1. The summed E-state index contributed by atoms with van der Waals surface area (Å²) in [6, 6.07) is 6.18. The fourth-order valence-electron chi connectivity index (χ4n) is 1.05. The molecule has 0 atom stereocenters. The van der Waals surface area contributed by atoms with Crippen LogP contribution in [0, 0.1) is 0 Å². The molecule has 74 valence electrons. The number of phenols is 1. The van der Waals surface area contributed by atoms with E-state index in [0.717, 1.165) is 6.26 Å². The highest BCUT2D eigenvalue weighted by atomic mass is 16.5. The molecule has 1 aromatic carbocycles. The Morgan fingerprint density at radius 1 is 1.43 bits per heavy atom. The Kier molecular flexibility index (Phi) is 3.12. The van der Waals surface area contributed by atoms with Crippen LogP contribution in [0.3, 0.4) is 0 Å². The van der Waals surface area contributed by atoms with Crippen molar-refractivity contribution in [1.82, 2.24) is 0 Å². The lowest BCUT2D eigenvalue weighted by Crippen LogP contribution is -2.00. The summed E-state index contributed by atoms with van der Waals surface area (Å²) in [6.07, 6.45) is 1.08. The predicted octanol–water partition coefficient (Wildman–Crippen LogP) is 1.46. The predicted molar refractivity (Wildman–Crippen MR) is 50.7 cm³/mol. The van der Waals surface area contributed by atoms with Crippen LogP contribution in [0.4, 0.5) is 0 Å². The number of carbonyl (C=O) groups is 1. The van der Waals surface area contributed by atoms with Gasteiger partial charge in [0.1, 0.15) is 11.3 Å². The van der Waals surface area contributed by atoms with Gasteiger partial charge in [-0.05, 0) is 6.07 Å². The summed E-state index contributed by atoms with van der Waals surface area (Å²) in [6.45, 7) is 0. The van der Waals surface area contributed by atoms with Crippen LogP contribution >= 0.6 is 0 Å². The molecule has 0 bridgehead atoms. The largest absolute Gasteiger partial charge is 0.507 e. The van der Waals surface area contributed by atoms with Gasteiger partial charge in [-0.25, -0.2) is 4.79 Å². The maximum Gasteiger partial charge on any atom is 0.339 e. The van der Waals surface area contributed by atoms with E-state index in [1.165, 1.54) is 19.2 Å². The molecule has 0 saturated heterocycles. The van der Waals surface area contributed by atoms with Gasteiger partial charge in [0.2, 0.25) is 0 Å². The third kappa shape index (κ3) is 2.04. The van der Waals surface area contributed by atoms with Gasteiger partial charge in [-0.3, -0.25) is 0 Å². The molecular formula is C10H10O4. The van der Waals surface area contributed by atoms with Gasteiger partial charge in [0.05, 0.1) is 13.4 Å². The Morgan fingerprint density at radius 3 is 2.57 bits per heavy atom. The Balaban J connectivity index is 3.19. The number of hydrogen-bond acceptors (Lipinski definition) is 3. The van der Waals surface area contributed by atoms with E-state index in [1.54, 1.807) is 12.1 Å². The van der Waals surface area contributed by atoms with Crippen LogP contribution in [0.1, 0.15) is 5.56 Å². The molecule has 4 nitrogen and oxygen atoms in total. The fraction of sp³-hybridized carbons (Fsp3) is 0.100. The summed E-state index contributed by atoms with van der Waals surface area (Å²) < 4.78 is 4.62. The van der Waals surface area contributed by atoms with Crippen molar-refractivity contribution in [2.24, 2.45) is 0 Å². The number of hydrogen-bond donors (Lipinski definition) is 2. The third-order valence-corrected chi connectivity index (χ3v) is 1.66. The van der Waals surface area contributed by atoms with Crippen molar-refractivity contribution in [3.05, 3.63) is 36.1 Å². The average molecular weight is 194 g/mol. The molecule has 0 radical (unpaired) electrons. The molecule has 0 aliphatic carbocycles. The van der Waals surface area contributed by atoms with Gasteiger partial charge >= 0.3 is 5.97 Å². The van der Waals surface area contributed by atoms with Crippen LogP contribution in [-0.4, -0.2) is 23.3 Å². The van der Waals surface area contributed by atoms with Gasteiger partial charge in [0.15, 0.2) is 0 Å². The Bertz CT molecular complexity index is 368. The average Bonchev–Trinajstić information content (AvgIpc) is 2.15. The minimum Gasteiger partial charge on any atom is -0.507 e. The monoisotopic (exact) mass is 194 g/mol. The van der Waals surface area contributed by atoms with Crippen LogP contribution < -0.4 is 0 Å². The zero-order chi connectivity index (χ0) is 10.6. The molecule has 0 spiro atoms. The smallest absolute Gasteiger partial charge is 0.339 e. The summed E-state index contributed by atoms with van der Waals surface area (Å²) >= 11 is 0. The van der Waals surface area contributed by atoms with Gasteiger partial charge in [-0.2, -0.15) is 0 Å². The topological polar surface area (TPSA) is 66.8 Å². The van der Waals surface area contributed by atoms with E-state index in [2.05, 4.69) is 4.74 Å². The maximum absolute atomic E-state index is 10.8. The summed E-state index contributed by atoms with van der Waals surface area (Å²) in [7, 11) is 1.35. The number of para-hydroxylation sites is 1. The summed E-state index contributed by atoms with van der Waals surface area (Å²) in [5.74, 6) is -1.23. The molecular weight excluding hydrogens is 184 g/mol. The van der Waals surface area contributed by atoms with Crippen LogP contribution in [0.25, 0.3) is 5.57 Å². The van der Waals surface area contributed by atoms with Crippen molar-refractivity contribution in [3.63, 3.8) is 0 Å². The highest BCUT2D eigenvalue weighted by molar-refractivity contribution is 6.15. The first-order chi connectivity index (χ1) is 6.66. The van der Waals surface area contributed by atoms with Crippen LogP contribution in [-0.2, 0) is 9.53 Å². The van der Waals surface area contributed by atoms with E-state index in [4.69, 9.17) is 5.11 Å². The van der Waals surface area contributed by atoms with Crippen molar-refractivity contribution in [2.45, 2.75) is 0 Å². The lowest BCUT2D eigenvalue weighted by molar-refractivity contribution is -0.130. The van der Waals surface area contributed by atoms with E-state index in [-0.39, 0.29) is 16.9 Å². The number of methoxy groups -OCH3 is 1. The van der Waals surface area contributed by atoms with Gasteiger partial charge in [-0.1, -0.05) is 18.2 Å². The molecule has 1 aromatic rings. The summed E-state index contributed by atoms with van der Waals surface area (Å²) in [5, 5.41) is 18.2. The highest BCUT2D eigenvalue weighted by Crippen LogP contribution is 2.24. The molecule has 0 aliphatic heterocycles. The normalized spacial score (nSPS) is 11.1. The SMILES string of the molecule is COC=C(C(=O)O)c1ccccc1O. The number of aliphatic carboxylic acids is 1. The Morgan fingerprint density at radius 2 is 2.07 bits per heavy atom. The number of ether oxygens (including phenoxy) is 1. The van der Waals surface area contributed by atoms with Crippen LogP contribution in [0.5, 0.6) is 5.75 Å². The minimum atomic E-state index is -1.15. The quantitative estimate of drug-likeness (QED) is 0.564. The molecule has 0 heterocycles. The van der Waals surface area contributed by atoms with Gasteiger partial charge in [0, 0.05) is 5.56 Å². The third-order valence-electron chi connectivity index (χ3n) is 1.66. The number of rotatable bonds is 3. The van der Waals surface area contributed by atoms with Crippen molar-refractivity contribution < 1.29 is 19.7 Å². The molecule has 1 rings (SSSR count). The van der Waals surface area contributed by atoms with E-state index < -0.39 is 5.97 Å². The second kappa shape index (κ2) is 4.32. The van der Waals surface area contributed by atoms with E-state index >= 15 is 0 Å². The van der Waals surface area contributed by atoms with Crippen LogP contribution in [0.15, 0.2) is 30.5 Å². The maximum atomic E-state index is 10.8. The van der Waals surface area contributed by atoms with Gasteiger partial charge in [0.25, 0.3) is 0 Å². The highest BCUT2D eigenvalue weighted by Gasteiger charge is 2.13. The minimum absolute atomic E-state index is 0.0781. The zero-order valence-electron chi connectivity index (χ0n) is 7.60. The summed E-state index contributed by atoms with van der Waals surface area (Å²) in [5.41, 5.74) is 0.160. The molecule has 0 unspecified atom stereocenters. The number of aromatic hydroxyl groups is 1. The molecule has 4 heteroatoms. The molecule has 2 N–H and O–H groups in total. The molecule has 0 aromatic heterocycles. The van der Waals surface area contributed by atoms with Crippen LogP contribution in [0.2, 0.25) is 0 Å². The van der Waals surface area contributed by atoms with Crippen molar-refractivity contribution in [1.29, 1.82) is 0 Å². The first-order valence-electron chi connectivity index (χ1n) is 3.91. The number of carboxylic acid groups (broad SMARTS) is 1. The molecule has 0 fully saturated rings. The molecule has 14 heavy (non-hydrogen) atoms. The van der Waals surface area contributed by atoms with E-state index in [1.807, 2.05) is 0 Å². The second-order valence-corrected chi connectivity index (χ2v) is 2.59. The Hall–Kier alpha value is -1.97. The number of benzene rings is 1. The number of phenolic OH excluding ortho intramolecular Hbond substituents is 1. The van der Waals surface area contributed by atoms with E-state index in [9.17, 15) is 9.90 Å². The first-order valence-corrected chi connectivity index (χ1v) is 3.91. The van der Waals surface area contributed by atoms with Gasteiger partial charge in [-0.15, -0.1) is 0 Å². The molecule has 0 saturated carbocycles. The van der Waals surface area contributed by atoms with Crippen molar-refractivity contribution in [3.8, 4) is 5.75 Å². The summed E-state index contributed by atoms with van der Waals surface area (Å²) in [4.78, 5) is 10.8. The van der Waals surface area contributed by atoms with E-state index in [0.29, 0.717) is 0 Å². The lowest BCUT2D eigenvalue weighted by atomic mass is 10.1. The zero-order valence-corrected chi connectivity index (χ0v) is 7.60. The van der Waals surface area contributed by atoms with Gasteiger partial charge < -0.3 is 14.9 Å². The van der Waals surface area contributed by atoms with Crippen molar-refractivity contribution in [2.75, 3.05) is 7.11 Å². The lowest BCUT2D eigenvalue weighted by Gasteiger charge is -2.04. The first kappa shape index (κ1) is 10.1.